The van der Waals surface area contributed by atoms with Gasteiger partial charge in [0.1, 0.15) is 0 Å². The minimum Gasteiger partial charge on any atom is -0.351 e. The molecule has 0 unspecified atom stereocenters. The number of hydrogen-bond acceptors (Lipinski definition) is 2. The Morgan fingerprint density at radius 2 is 2.06 bits per heavy atom. The number of hydrogen-bond donors (Lipinski definition) is 1. The summed E-state index contributed by atoms with van der Waals surface area (Å²) in [4.78, 5) is 13.9. The molecule has 0 spiro atoms. The Bertz CT molecular complexity index is 380. The van der Waals surface area contributed by atoms with E-state index >= 15 is 0 Å². The van der Waals surface area contributed by atoms with Crippen molar-refractivity contribution in [2.45, 2.75) is 13.8 Å². The molecule has 1 N–H and O–H groups in total. The van der Waals surface area contributed by atoms with Gasteiger partial charge in [0.15, 0.2) is 0 Å². The summed E-state index contributed by atoms with van der Waals surface area (Å²) in [5.74, 6) is 0.0167. The molecule has 4 nitrogen and oxygen atoms in total. The highest BCUT2D eigenvalue weighted by molar-refractivity contribution is 5.95. The Morgan fingerprint density at radius 1 is 1.44 bits per heavy atom. The number of amides is 1. The monoisotopic (exact) mass is 223 g/mol. The molecule has 90 valence electrons. The van der Waals surface area contributed by atoms with Gasteiger partial charge >= 0.3 is 0 Å². The average molecular weight is 223 g/mol. The maximum Gasteiger partial charge on any atom is 0.253 e. The van der Waals surface area contributed by atoms with Crippen LogP contribution in [-0.2, 0) is 7.05 Å². The van der Waals surface area contributed by atoms with Crippen molar-refractivity contribution in [1.29, 1.82) is 0 Å². The van der Waals surface area contributed by atoms with Gasteiger partial charge in [0.05, 0.1) is 5.56 Å². The lowest BCUT2D eigenvalue weighted by molar-refractivity contribution is 0.0950. The molecule has 4 heteroatoms. The van der Waals surface area contributed by atoms with Gasteiger partial charge in [0.2, 0.25) is 0 Å². The Hall–Kier alpha value is -1.29. The van der Waals surface area contributed by atoms with Crippen LogP contribution in [0, 0.1) is 13.8 Å². The third-order valence-electron chi connectivity index (χ3n) is 2.86. The van der Waals surface area contributed by atoms with Crippen LogP contribution in [0.15, 0.2) is 6.07 Å². The molecule has 1 amide bonds. The average Bonchev–Trinajstić information content (AvgIpc) is 2.45. The fraction of sp³-hybridized carbons (Fsp3) is 0.583. The van der Waals surface area contributed by atoms with E-state index in [1.54, 1.807) is 0 Å². The van der Waals surface area contributed by atoms with E-state index in [9.17, 15) is 4.79 Å². The van der Waals surface area contributed by atoms with E-state index in [0.29, 0.717) is 6.54 Å². The van der Waals surface area contributed by atoms with Crippen molar-refractivity contribution in [3.05, 3.63) is 23.0 Å². The predicted octanol–water partition coefficient (Wildman–Crippen LogP) is 0.933. The maximum absolute atomic E-state index is 11.9. The highest BCUT2D eigenvalue weighted by Gasteiger charge is 2.12. The second-order valence-corrected chi connectivity index (χ2v) is 4.40. The van der Waals surface area contributed by atoms with E-state index < -0.39 is 0 Å². The van der Waals surface area contributed by atoms with Crippen molar-refractivity contribution in [1.82, 2.24) is 14.8 Å². The van der Waals surface area contributed by atoms with Crippen LogP contribution in [0.4, 0.5) is 0 Å². The molecule has 0 fully saturated rings. The lowest BCUT2D eigenvalue weighted by atomic mass is 10.2. The molecule has 16 heavy (non-hydrogen) atoms. The Kier molecular flexibility index (Phi) is 4.12. The quantitative estimate of drug-likeness (QED) is 0.824. The first-order chi connectivity index (χ1) is 7.43. The third-order valence-corrected chi connectivity index (χ3v) is 2.86. The van der Waals surface area contributed by atoms with Crippen LogP contribution in [0.2, 0.25) is 0 Å². The third kappa shape index (κ3) is 2.85. The lowest BCUT2D eigenvalue weighted by Crippen LogP contribution is -2.31. The molecular weight excluding hydrogens is 202 g/mol. The topological polar surface area (TPSA) is 37.3 Å². The number of nitrogens with one attached hydrogen (secondary N) is 1. The Morgan fingerprint density at radius 3 is 2.50 bits per heavy atom. The molecule has 1 heterocycles. The van der Waals surface area contributed by atoms with Crippen LogP contribution in [0.1, 0.15) is 21.7 Å². The Balaban J connectivity index is 2.63. The standard InChI is InChI=1S/C12H21N3O/c1-9-8-11(10(2)15(9)5)12(16)13-6-7-14(3)4/h8H,6-7H2,1-5H3,(H,13,16). The summed E-state index contributed by atoms with van der Waals surface area (Å²) >= 11 is 0. The summed E-state index contributed by atoms with van der Waals surface area (Å²) < 4.78 is 2.03. The fourth-order valence-corrected chi connectivity index (χ4v) is 1.57. The second kappa shape index (κ2) is 5.16. The summed E-state index contributed by atoms with van der Waals surface area (Å²) in [6.45, 7) is 5.51. The SMILES string of the molecule is Cc1cc(C(=O)NCCN(C)C)c(C)n1C. The van der Waals surface area contributed by atoms with Crippen LogP contribution in [0.25, 0.3) is 0 Å². The van der Waals surface area contributed by atoms with Gasteiger partial charge < -0.3 is 14.8 Å². The first-order valence-corrected chi connectivity index (χ1v) is 5.49. The van der Waals surface area contributed by atoms with Gasteiger partial charge in [-0.05, 0) is 34.0 Å². The molecule has 0 aliphatic heterocycles. The van der Waals surface area contributed by atoms with E-state index in [2.05, 4.69) is 5.32 Å². The minimum absolute atomic E-state index is 0.0167. The van der Waals surface area contributed by atoms with Gasteiger partial charge in [-0.3, -0.25) is 4.79 Å². The number of likely N-dealkylation sites (N-methyl/N-ethyl adjacent to an activating group) is 1. The summed E-state index contributed by atoms with van der Waals surface area (Å²) in [6, 6.07) is 1.93. The van der Waals surface area contributed by atoms with Crippen LogP contribution in [-0.4, -0.2) is 42.6 Å². The highest BCUT2D eigenvalue weighted by atomic mass is 16.1. The van der Waals surface area contributed by atoms with Gasteiger partial charge in [0.25, 0.3) is 5.91 Å². The fourth-order valence-electron chi connectivity index (χ4n) is 1.57. The van der Waals surface area contributed by atoms with Crippen molar-refractivity contribution >= 4 is 5.91 Å². The molecule has 0 saturated carbocycles. The van der Waals surface area contributed by atoms with E-state index in [1.807, 2.05) is 50.5 Å². The second-order valence-electron chi connectivity index (χ2n) is 4.40. The zero-order valence-electron chi connectivity index (χ0n) is 10.8. The number of nitrogens with zero attached hydrogens (tertiary/aromatic N) is 2. The molecule has 0 aliphatic rings. The largest absolute Gasteiger partial charge is 0.351 e. The van der Waals surface area contributed by atoms with Crippen LogP contribution in [0.5, 0.6) is 0 Å². The molecule has 0 atom stereocenters. The number of aromatic nitrogens is 1. The number of carbonyl (C=O) groups is 1. The smallest absolute Gasteiger partial charge is 0.253 e. The number of rotatable bonds is 4. The molecule has 0 aliphatic carbocycles. The Labute approximate surface area is 97.2 Å². The van der Waals surface area contributed by atoms with Crippen molar-refractivity contribution in [2.75, 3.05) is 27.2 Å². The number of aryl methyl sites for hydroxylation is 1. The molecule has 1 rings (SSSR count). The zero-order chi connectivity index (χ0) is 12.3. The summed E-state index contributed by atoms with van der Waals surface area (Å²) in [7, 11) is 5.95. The van der Waals surface area contributed by atoms with Crippen LogP contribution < -0.4 is 5.32 Å². The van der Waals surface area contributed by atoms with E-state index in [4.69, 9.17) is 0 Å². The summed E-state index contributed by atoms with van der Waals surface area (Å²) in [6.07, 6.45) is 0. The maximum atomic E-state index is 11.9. The van der Waals surface area contributed by atoms with Gasteiger partial charge in [-0.2, -0.15) is 0 Å². The van der Waals surface area contributed by atoms with Crippen LogP contribution in [0.3, 0.4) is 0 Å². The predicted molar refractivity (Wildman–Crippen MR) is 65.8 cm³/mol. The molecule has 1 aromatic heterocycles. The summed E-state index contributed by atoms with van der Waals surface area (Å²) in [5, 5.41) is 2.92. The van der Waals surface area contributed by atoms with Gasteiger partial charge in [-0.25, -0.2) is 0 Å². The minimum atomic E-state index is 0.0167. The van der Waals surface area contributed by atoms with Crippen molar-refractivity contribution in [3.63, 3.8) is 0 Å². The van der Waals surface area contributed by atoms with Crippen molar-refractivity contribution in [2.24, 2.45) is 7.05 Å². The first kappa shape index (κ1) is 12.8. The van der Waals surface area contributed by atoms with E-state index in [-0.39, 0.29) is 5.91 Å². The summed E-state index contributed by atoms with van der Waals surface area (Å²) in [5.41, 5.74) is 2.90. The van der Waals surface area contributed by atoms with Gasteiger partial charge in [-0.15, -0.1) is 0 Å². The molecule has 0 saturated heterocycles. The molecule has 1 aromatic rings. The van der Waals surface area contributed by atoms with E-state index in [0.717, 1.165) is 23.5 Å². The highest BCUT2D eigenvalue weighted by Crippen LogP contribution is 2.12. The zero-order valence-corrected chi connectivity index (χ0v) is 10.8. The molecule has 0 aromatic carbocycles. The van der Waals surface area contributed by atoms with Crippen molar-refractivity contribution < 1.29 is 4.79 Å². The molecular formula is C12H21N3O. The number of carbonyl (C=O) groups excluding carboxylic acids is 1. The van der Waals surface area contributed by atoms with E-state index in [1.165, 1.54) is 0 Å². The normalized spacial score (nSPS) is 10.9. The molecule has 0 bridgehead atoms. The molecule has 0 radical (unpaired) electrons. The first-order valence-electron chi connectivity index (χ1n) is 5.49. The van der Waals surface area contributed by atoms with Crippen molar-refractivity contribution in [3.8, 4) is 0 Å². The van der Waals surface area contributed by atoms with Gasteiger partial charge in [0, 0.05) is 31.5 Å². The lowest BCUT2D eigenvalue weighted by Gasteiger charge is -2.10. The van der Waals surface area contributed by atoms with Gasteiger partial charge in [-0.1, -0.05) is 0 Å². The van der Waals surface area contributed by atoms with Crippen LogP contribution >= 0.6 is 0 Å².